The Hall–Kier alpha value is -2.63. The molecule has 29 heavy (non-hydrogen) atoms. The van der Waals surface area contributed by atoms with E-state index < -0.39 is 35.6 Å². The maximum absolute atomic E-state index is 13.3. The molecular weight excluding hydrogens is 372 g/mol. The molecule has 0 radical (unpaired) electrons. The molecule has 2 saturated carbocycles. The van der Waals surface area contributed by atoms with Gasteiger partial charge in [-0.1, -0.05) is 30.8 Å². The molecule has 152 valence electrons. The Morgan fingerprint density at radius 2 is 1.83 bits per heavy atom. The van der Waals surface area contributed by atoms with Crippen LogP contribution < -0.4 is 0 Å². The summed E-state index contributed by atoms with van der Waals surface area (Å²) in [6, 6.07) is 8.07. The summed E-state index contributed by atoms with van der Waals surface area (Å²) in [5.74, 6) is -2.76. The molecule has 3 fully saturated rings. The summed E-state index contributed by atoms with van der Waals surface area (Å²) in [6.07, 6.45) is 0.865. The average Bonchev–Trinajstić information content (AvgIpc) is 3.34. The van der Waals surface area contributed by atoms with Gasteiger partial charge in [0.15, 0.2) is 0 Å². The summed E-state index contributed by atoms with van der Waals surface area (Å²) in [4.78, 5) is 37.8. The number of benzene rings is 1. The standard InChI is InChI=1S/C23H24O6/c1-11(2)20(24)27-18-15-8-14-16(21(25)28-19(14)18)17(15)22(26)29-23(3)9-12-6-4-5-7-13(12)10-23/h4-7,14-19H,1,8-10H2,2-3H3. The number of hydrogen-bond donors (Lipinski definition) is 0. The Kier molecular flexibility index (Phi) is 3.92. The van der Waals surface area contributed by atoms with Crippen molar-refractivity contribution >= 4 is 17.9 Å². The lowest BCUT2D eigenvalue weighted by Crippen LogP contribution is -2.46. The number of ether oxygens (including phenoxy) is 3. The summed E-state index contributed by atoms with van der Waals surface area (Å²) in [6.45, 7) is 7.12. The molecule has 1 aliphatic heterocycles. The molecule has 2 bridgehead atoms. The predicted molar refractivity (Wildman–Crippen MR) is 101 cm³/mol. The van der Waals surface area contributed by atoms with Crippen LogP contribution in [-0.2, 0) is 41.4 Å². The van der Waals surface area contributed by atoms with Crippen LogP contribution >= 0.6 is 0 Å². The van der Waals surface area contributed by atoms with Gasteiger partial charge in [-0.2, -0.15) is 0 Å². The van der Waals surface area contributed by atoms with Crippen LogP contribution in [0.15, 0.2) is 36.4 Å². The summed E-state index contributed by atoms with van der Waals surface area (Å²) in [7, 11) is 0. The molecule has 4 aliphatic rings. The highest BCUT2D eigenvalue weighted by molar-refractivity contribution is 5.88. The fourth-order valence-corrected chi connectivity index (χ4v) is 5.85. The van der Waals surface area contributed by atoms with E-state index in [1.165, 1.54) is 11.1 Å². The maximum atomic E-state index is 13.3. The second-order valence-corrected chi connectivity index (χ2v) is 9.16. The third kappa shape index (κ3) is 2.72. The first-order valence-electron chi connectivity index (χ1n) is 10.1. The zero-order valence-corrected chi connectivity index (χ0v) is 16.6. The van der Waals surface area contributed by atoms with E-state index in [-0.39, 0.29) is 29.3 Å². The zero-order chi connectivity index (χ0) is 20.5. The first kappa shape index (κ1) is 18.4. The minimum absolute atomic E-state index is 0.0958. The van der Waals surface area contributed by atoms with Crippen LogP contribution in [0.1, 0.15) is 31.4 Å². The lowest BCUT2D eigenvalue weighted by atomic mass is 9.78. The topological polar surface area (TPSA) is 78.9 Å². The number of fused-ring (bicyclic) bond motifs is 2. The minimum atomic E-state index is -0.631. The van der Waals surface area contributed by atoms with Gasteiger partial charge in [0.05, 0.1) is 11.8 Å². The Morgan fingerprint density at radius 3 is 2.45 bits per heavy atom. The smallest absolute Gasteiger partial charge is 0.333 e. The van der Waals surface area contributed by atoms with Gasteiger partial charge >= 0.3 is 17.9 Å². The molecule has 6 heteroatoms. The number of esters is 3. The lowest BCUT2D eigenvalue weighted by Gasteiger charge is -2.33. The highest BCUT2D eigenvalue weighted by Gasteiger charge is 2.70. The molecule has 1 aromatic rings. The summed E-state index contributed by atoms with van der Waals surface area (Å²) >= 11 is 0. The molecule has 0 N–H and O–H groups in total. The molecule has 1 saturated heterocycles. The van der Waals surface area contributed by atoms with E-state index in [0.29, 0.717) is 19.3 Å². The second-order valence-electron chi connectivity index (χ2n) is 9.16. The van der Waals surface area contributed by atoms with E-state index >= 15 is 0 Å². The van der Waals surface area contributed by atoms with Gasteiger partial charge < -0.3 is 14.2 Å². The molecule has 0 spiro atoms. The van der Waals surface area contributed by atoms with Gasteiger partial charge in [-0.05, 0) is 31.4 Å². The zero-order valence-electron chi connectivity index (χ0n) is 16.6. The van der Waals surface area contributed by atoms with Gasteiger partial charge in [-0.25, -0.2) is 4.79 Å². The second kappa shape index (κ2) is 6.18. The number of carbonyl (C=O) groups excluding carboxylic acids is 3. The lowest BCUT2D eigenvalue weighted by molar-refractivity contribution is -0.172. The molecule has 6 atom stereocenters. The molecular formula is C23H24O6. The van der Waals surface area contributed by atoms with Crippen molar-refractivity contribution in [2.45, 2.75) is 50.9 Å². The third-order valence-electron chi connectivity index (χ3n) is 7.00. The molecule has 1 aromatic carbocycles. The highest BCUT2D eigenvalue weighted by atomic mass is 16.6. The molecule has 1 heterocycles. The molecule has 3 aliphatic carbocycles. The van der Waals surface area contributed by atoms with Crippen LogP contribution in [0.3, 0.4) is 0 Å². The van der Waals surface area contributed by atoms with Crippen LogP contribution in [0.5, 0.6) is 0 Å². The van der Waals surface area contributed by atoms with E-state index in [2.05, 4.69) is 18.7 Å². The predicted octanol–water partition coefficient (Wildman–Crippen LogP) is 2.38. The van der Waals surface area contributed by atoms with Gasteiger partial charge in [-0.3, -0.25) is 9.59 Å². The Bertz CT molecular complexity index is 908. The molecule has 6 unspecified atom stereocenters. The van der Waals surface area contributed by atoms with Crippen LogP contribution in [0.4, 0.5) is 0 Å². The SMILES string of the molecule is C=C(C)C(=O)OC1C2CC3C1OC(=O)C3C2C(=O)OC1(C)Cc2ccccc2C1. The van der Waals surface area contributed by atoms with Crippen molar-refractivity contribution < 1.29 is 28.6 Å². The van der Waals surface area contributed by atoms with E-state index in [1.807, 2.05) is 19.1 Å². The van der Waals surface area contributed by atoms with E-state index in [0.717, 1.165) is 0 Å². The number of rotatable bonds is 4. The quantitative estimate of drug-likeness (QED) is 0.442. The van der Waals surface area contributed by atoms with Gasteiger partial charge in [-0.15, -0.1) is 0 Å². The number of carbonyl (C=O) groups is 3. The Morgan fingerprint density at radius 1 is 1.17 bits per heavy atom. The van der Waals surface area contributed by atoms with Crippen molar-refractivity contribution in [2.24, 2.45) is 23.7 Å². The molecule has 0 aromatic heterocycles. The fraction of sp³-hybridized carbons (Fsp3) is 0.522. The summed E-state index contributed by atoms with van der Waals surface area (Å²) in [5, 5.41) is 0. The third-order valence-corrected chi connectivity index (χ3v) is 7.00. The van der Waals surface area contributed by atoms with E-state index in [9.17, 15) is 14.4 Å². The number of hydrogen-bond acceptors (Lipinski definition) is 6. The van der Waals surface area contributed by atoms with Crippen molar-refractivity contribution in [2.75, 3.05) is 0 Å². The molecule has 5 rings (SSSR count). The Balaban J connectivity index is 1.37. The molecule has 0 amide bonds. The minimum Gasteiger partial charge on any atom is -0.458 e. The van der Waals surface area contributed by atoms with Gasteiger partial charge in [0.1, 0.15) is 17.8 Å². The van der Waals surface area contributed by atoms with Crippen molar-refractivity contribution in [1.29, 1.82) is 0 Å². The van der Waals surface area contributed by atoms with E-state index in [4.69, 9.17) is 14.2 Å². The van der Waals surface area contributed by atoms with Crippen molar-refractivity contribution in [3.63, 3.8) is 0 Å². The van der Waals surface area contributed by atoms with Crippen LogP contribution in [0.2, 0.25) is 0 Å². The van der Waals surface area contributed by atoms with Gasteiger partial charge in [0.25, 0.3) is 0 Å². The normalized spacial score (nSPS) is 35.2. The maximum Gasteiger partial charge on any atom is 0.333 e. The van der Waals surface area contributed by atoms with Gasteiger partial charge in [0.2, 0.25) is 0 Å². The monoisotopic (exact) mass is 396 g/mol. The van der Waals surface area contributed by atoms with Crippen molar-refractivity contribution in [3.05, 3.63) is 47.5 Å². The summed E-state index contributed by atoms with van der Waals surface area (Å²) in [5.41, 5.74) is 2.02. The van der Waals surface area contributed by atoms with Gasteiger partial charge in [0, 0.05) is 30.3 Å². The van der Waals surface area contributed by atoms with Crippen LogP contribution in [0.25, 0.3) is 0 Å². The van der Waals surface area contributed by atoms with Crippen molar-refractivity contribution in [3.8, 4) is 0 Å². The van der Waals surface area contributed by atoms with Crippen LogP contribution in [-0.4, -0.2) is 35.7 Å². The largest absolute Gasteiger partial charge is 0.458 e. The van der Waals surface area contributed by atoms with E-state index in [1.54, 1.807) is 6.92 Å². The average molecular weight is 396 g/mol. The summed E-state index contributed by atoms with van der Waals surface area (Å²) < 4.78 is 17.1. The molecule has 6 nitrogen and oxygen atoms in total. The first-order chi connectivity index (χ1) is 13.8. The Labute approximate surface area is 169 Å². The van der Waals surface area contributed by atoms with Crippen molar-refractivity contribution in [1.82, 2.24) is 0 Å². The first-order valence-corrected chi connectivity index (χ1v) is 10.1. The fourth-order valence-electron chi connectivity index (χ4n) is 5.85. The van der Waals surface area contributed by atoms with Crippen LogP contribution in [0, 0.1) is 23.7 Å². The highest BCUT2D eigenvalue weighted by Crippen LogP contribution is 2.59.